The lowest BCUT2D eigenvalue weighted by Gasteiger charge is -2.27. The minimum atomic E-state index is -1.13. The van der Waals surface area contributed by atoms with Crippen molar-refractivity contribution in [3.63, 3.8) is 0 Å². The molecule has 0 atom stereocenters. The highest BCUT2D eigenvalue weighted by molar-refractivity contribution is 5.72. The van der Waals surface area contributed by atoms with E-state index in [4.69, 9.17) is 25.3 Å². The minimum absolute atomic E-state index is 0.102. The zero-order chi connectivity index (χ0) is 23.2. The van der Waals surface area contributed by atoms with E-state index >= 15 is 0 Å². The summed E-state index contributed by atoms with van der Waals surface area (Å²) in [7, 11) is 2.19. The third-order valence-electron chi connectivity index (χ3n) is 3.32. The third-order valence-corrected chi connectivity index (χ3v) is 3.32. The molecule has 0 amide bonds. The molecule has 0 saturated carbocycles. The first-order valence-corrected chi connectivity index (χ1v) is 8.62. The predicted molar refractivity (Wildman–Crippen MR) is 104 cm³/mol. The van der Waals surface area contributed by atoms with Gasteiger partial charge in [0.15, 0.2) is 0 Å². The first kappa shape index (κ1) is 31.2. The Labute approximate surface area is 169 Å². The number of nitrogens with zero attached hydrogens (tertiary/aromatic N) is 4. The summed E-state index contributed by atoms with van der Waals surface area (Å²) in [6, 6.07) is 0. The second kappa shape index (κ2) is 21.8. The van der Waals surface area contributed by atoms with Crippen LogP contribution in [0.2, 0.25) is 0 Å². The third kappa shape index (κ3) is 23.5. The Morgan fingerprint density at radius 1 is 0.793 bits per heavy atom. The molecule has 4 N–H and O–H groups in total. The molecule has 29 heavy (non-hydrogen) atoms. The highest BCUT2D eigenvalue weighted by atomic mass is 16.4. The van der Waals surface area contributed by atoms with Crippen LogP contribution in [0.5, 0.6) is 0 Å². The maximum atomic E-state index is 10.8. The van der Waals surface area contributed by atoms with Crippen LogP contribution in [0.15, 0.2) is 5.18 Å². The Morgan fingerprint density at radius 2 is 1.10 bits per heavy atom. The van der Waals surface area contributed by atoms with Crippen molar-refractivity contribution in [2.45, 2.75) is 6.92 Å². The van der Waals surface area contributed by atoms with Gasteiger partial charge in [-0.05, 0) is 6.54 Å². The molecular formula is C16H32N4O9. The molecule has 0 aromatic heterocycles. The van der Waals surface area contributed by atoms with E-state index in [1.807, 2.05) is 6.92 Å². The summed E-state index contributed by atoms with van der Waals surface area (Å²) in [5.74, 6) is -3.19. The predicted octanol–water partition coefficient (Wildman–Crippen LogP) is -1.64. The quantitative estimate of drug-likeness (QED) is 0.173. The van der Waals surface area contributed by atoms with Crippen molar-refractivity contribution in [1.82, 2.24) is 14.7 Å². The van der Waals surface area contributed by atoms with Gasteiger partial charge in [0.25, 0.3) is 0 Å². The fraction of sp³-hybridized carbons (Fsp3) is 0.750. The lowest BCUT2D eigenvalue weighted by Crippen LogP contribution is -2.43. The summed E-state index contributed by atoms with van der Waals surface area (Å²) in [5, 5.41) is 35.6. The van der Waals surface area contributed by atoms with E-state index in [-0.39, 0.29) is 19.6 Å². The molecule has 0 aromatic rings. The molecule has 0 aliphatic carbocycles. The van der Waals surface area contributed by atoms with Gasteiger partial charge in [-0.1, -0.05) is 12.1 Å². The Morgan fingerprint density at radius 3 is 1.41 bits per heavy atom. The van der Waals surface area contributed by atoms with Gasteiger partial charge in [0.1, 0.15) is 6.29 Å². The van der Waals surface area contributed by atoms with E-state index in [2.05, 4.69) is 5.18 Å². The van der Waals surface area contributed by atoms with Gasteiger partial charge in [-0.2, -0.15) is 4.91 Å². The average Bonchev–Trinajstić information content (AvgIpc) is 2.63. The van der Waals surface area contributed by atoms with Crippen LogP contribution in [0.25, 0.3) is 0 Å². The zero-order valence-corrected chi connectivity index (χ0v) is 17.1. The maximum absolute atomic E-state index is 10.8. The molecule has 170 valence electrons. The second-order valence-corrected chi connectivity index (χ2v) is 5.41. The van der Waals surface area contributed by atoms with Crippen molar-refractivity contribution < 1.29 is 39.6 Å². The monoisotopic (exact) mass is 424 g/mol. The summed E-state index contributed by atoms with van der Waals surface area (Å²) < 4.78 is 0. The van der Waals surface area contributed by atoms with Crippen molar-refractivity contribution in [1.29, 1.82) is 0 Å². The first-order chi connectivity index (χ1) is 13.7. The molecule has 0 aliphatic heterocycles. The first-order valence-electron chi connectivity index (χ1n) is 8.62. The topological polar surface area (TPSA) is 188 Å². The highest BCUT2D eigenvalue weighted by Gasteiger charge is 2.16. The molecule has 0 heterocycles. The van der Waals surface area contributed by atoms with Gasteiger partial charge in [-0.3, -0.25) is 29.1 Å². The van der Waals surface area contributed by atoms with Crippen LogP contribution in [0.3, 0.4) is 0 Å². The van der Waals surface area contributed by atoms with Crippen LogP contribution in [0.1, 0.15) is 6.92 Å². The number of carbonyl (C=O) groups is 4. The largest absolute Gasteiger partial charge is 0.480 e. The van der Waals surface area contributed by atoms with E-state index < -0.39 is 31.0 Å². The van der Waals surface area contributed by atoms with Gasteiger partial charge in [0, 0.05) is 33.3 Å². The molecule has 13 nitrogen and oxygen atoms in total. The van der Waals surface area contributed by atoms with E-state index in [0.717, 1.165) is 7.11 Å². The van der Waals surface area contributed by atoms with Crippen molar-refractivity contribution in [2.24, 2.45) is 5.18 Å². The van der Waals surface area contributed by atoms with Crippen LogP contribution >= 0.6 is 0 Å². The zero-order valence-electron chi connectivity index (χ0n) is 17.1. The number of aliphatic hydroxyl groups excluding tert-OH is 1. The average molecular weight is 424 g/mol. The van der Waals surface area contributed by atoms with Crippen molar-refractivity contribution >= 4 is 24.2 Å². The van der Waals surface area contributed by atoms with Gasteiger partial charge >= 0.3 is 17.9 Å². The smallest absolute Gasteiger partial charge is 0.317 e. The van der Waals surface area contributed by atoms with Crippen molar-refractivity contribution in [3.05, 3.63) is 4.91 Å². The molecule has 0 radical (unpaired) electrons. The summed E-state index contributed by atoms with van der Waals surface area (Å²) in [5.41, 5.74) is 0. The fourth-order valence-corrected chi connectivity index (χ4v) is 2.10. The molecule has 0 rings (SSSR count). The molecule has 0 fully saturated rings. The molecule has 0 aliphatic rings. The molecule has 0 spiro atoms. The Hall–Kier alpha value is -2.48. The van der Waals surface area contributed by atoms with Gasteiger partial charge in [-0.15, -0.1) is 0 Å². The number of likely N-dealkylation sites (N-methyl/N-ethyl adjacent to an activating group) is 1. The van der Waals surface area contributed by atoms with Crippen molar-refractivity contribution in [3.8, 4) is 0 Å². The van der Waals surface area contributed by atoms with Crippen molar-refractivity contribution in [2.75, 3.05) is 73.1 Å². The number of aliphatic hydroxyl groups is 1. The number of carbonyl (C=O) groups excluding carboxylic acids is 1. The fourth-order valence-electron chi connectivity index (χ4n) is 2.10. The molecule has 0 unspecified atom stereocenters. The molecule has 13 heteroatoms. The summed E-state index contributed by atoms with van der Waals surface area (Å²) >= 11 is 0. The van der Waals surface area contributed by atoms with E-state index in [1.165, 1.54) is 11.9 Å². The molecule has 0 bridgehead atoms. The molecule has 0 saturated heterocycles. The number of rotatable bonds is 15. The van der Waals surface area contributed by atoms with Gasteiger partial charge in [0.05, 0.1) is 33.2 Å². The molecular weight excluding hydrogens is 392 g/mol. The number of nitroso groups, excluding NO2 is 1. The second-order valence-electron chi connectivity index (χ2n) is 5.41. The maximum Gasteiger partial charge on any atom is 0.317 e. The standard InChI is InChI=1S/C14H25N3O7.CH3NO.CH4O/c1-2-15(9-12(19)20)3-4-16(7-8-18)5-6-17(10-13(21)22)11-14(23)24;1-2-3;1-2/h8H,2-7,9-11H2,1H3,(H,19,20)(H,21,22)(H,23,24);1H3;2H,1H3. The number of hydrogen-bond donors (Lipinski definition) is 4. The van der Waals surface area contributed by atoms with Crippen LogP contribution in [-0.2, 0) is 19.2 Å². The normalized spacial score (nSPS) is 9.90. The lowest BCUT2D eigenvalue weighted by atomic mass is 10.3. The summed E-state index contributed by atoms with van der Waals surface area (Å²) in [4.78, 5) is 56.2. The number of hydrogen-bond acceptors (Lipinski definition) is 10. The number of carboxylic acids is 3. The van der Waals surface area contributed by atoms with Crippen LogP contribution in [-0.4, -0.2) is 132 Å². The van der Waals surface area contributed by atoms with E-state index in [1.54, 1.807) is 9.80 Å². The highest BCUT2D eigenvalue weighted by Crippen LogP contribution is 1.95. The van der Waals surface area contributed by atoms with Gasteiger partial charge < -0.3 is 25.2 Å². The minimum Gasteiger partial charge on any atom is -0.480 e. The summed E-state index contributed by atoms with van der Waals surface area (Å²) in [6.45, 7) is 2.93. The van der Waals surface area contributed by atoms with E-state index in [0.29, 0.717) is 32.5 Å². The molecule has 0 aromatic carbocycles. The van der Waals surface area contributed by atoms with Crippen LogP contribution in [0.4, 0.5) is 0 Å². The Bertz CT molecular complexity index is 461. The number of aldehydes is 1. The van der Waals surface area contributed by atoms with Gasteiger partial charge in [-0.25, -0.2) is 0 Å². The number of aliphatic carboxylic acids is 3. The lowest BCUT2D eigenvalue weighted by molar-refractivity contribution is -0.142. The van der Waals surface area contributed by atoms with E-state index in [9.17, 15) is 19.2 Å². The van der Waals surface area contributed by atoms with Gasteiger partial charge in [0.2, 0.25) is 0 Å². The van der Waals surface area contributed by atoms with Crippen LogP contribution < -0.4 is 0 Å². The number of carboxylic acid groups (broad SMARTS) is 3. The Balaban J connectivity index is -0.00000123. The SMILES string of the molecule is CCN(CCN(CC=O)CCN(CC(=O)O)CC(=O)O)CC(=O)O.CN=O.CO. The Kier molecular flexibility index (Phi) is 23.5. The van der Waals surface area contributed by atoms with Crippen LogP contribution in [0, 0.1) is 4.91 Å². The summed E-state index contributed by atoms with van der Waals surface area (Å²) in [6.07, 6.45) is 0.701.